The van der Waals surface area contributed by atoms with Crippen molar-refractivity contribution < 1.29 is 22.8 Å². The number of aromatic amines is 5. The van der Waals surface area contributed by atoms with Crippen LogP contribution in [0.3, 0.4) is 0 Å². The summed E-state index contributed by atoms with van der Waals surface area (Å²) in [6.07, 6.45) is 27.6. The molecule has 14 rings (SSSR count). The number of allylic oxidation sites excluding steroid dienone is 4. The van der Waals surface area contributed by atoms with Crippen LogP contribution < -0.4 is 24.7 Å². The van der Waals surface area contributed by atoms with Crippen LogP contribution in [0, 0.1) is 99.2 Å². The molecule has 4 heterocycles. The van der Waals surface area contributed by atoms with E-state index in [1.54, 1.807) is 22.2 Å². The number of fused-ring (bicyclic) bond motifs is 16. The van der Waals surface area contributed by atoms with Crippen molar-refractivity contribution in [3.63, 3.8) is 0 Å². The van der Waals surface area contributed by atoms with Gasteiger partial charge in [-0.2, -0.15) is 10.2 Å². The first kappa shape index (κ1) is 65.5. The zero-order valence-corrected chi connectivity index (χ0v) is 62.4. The Morgan fingerprint density at radius 1 is 0.616 bits per heavy atom. The summed E-state index contributed by atoms with van der Waals surface area (Å²) in [6, 6.07) is 0. The van der Waals surface area contributed by atoms with Crippen LogP contribution in [0.2, 0.25) is 0 Å². The quantitative estimate of drug-likeness (QED) is 0.0435. The van der Waals surface area contributed by atoms with Gasteiger partial charge in [0.15, 0.2) is 0 Å². The first-order valence-corrected chi connectivity index (χ1v) is 45.7. The molecule has 4 aromatic rings. The molecule has 0 amide bonds. The van der Waals surface area contributed by atoms with Gasteiger partial charge in [-0.05, 0) is 230 Å². The number of halogens is 4. The number of nitrogens with two attached hydrogens (primary N) is 2. The molecule has 20 heteroatoms. The van der Waals surface area contributed by atoms with Gasteiger partial charge in [0.05, 0.1) is 10.8 Å². The number of hydrogen-bond acceptors (Lipinski definition) is 10. The van der Waals surface area contributed by atoms with E-state index in [0.717, 1.165) is 89.9 Å². The molecule has 0 aliphatic heterocycles. The maximum atomic E-state index is 14.4. The monoisotopic (exact) mass is 1570 g/mol. The Labute approximate surface area is 556 Å². The molecule has 6 saturated carbocycles. The average molecular weight is 1570 g/mol. The van der Waals surface area contributed by atoms with Gasteiger partial charge in [0.1, 0.15) is 24.3 Å². The fourth-order valence-electron chi connectivity index (χ4n) is 22.9. The number of hydrogen-bond donors (Lipinski definition) is 7. The van der Waals surface area contributed by atoms with Crippen molar-refractivity contribution in [2.24, 2.45) is 89.7 Å². The summed E-state index contributed by atoms with van der Waals surface area (Å²) >= 11 is 21.6. The first-order chi connectivity index (χ1) is 40.0. The summed E-state index contributed by atoms with van der Waals surface area (Å²) in [6.45, 7) is 34.7. The van der Waals surface area contributed by atoms with E-state index in [1.165, 1.54) is 54.5 Å². The third kappa shape index (κ3) is 9.67. The zero-order valence-electron chi connectivity index (χ0n) is 53.5. The molecule has 86 heavy (non-hydrogen) atoms. The van der Waals surface area contributed by atoms with Gasteiger partial charge < -0.3 is 11.5 Å². The van der Waals surface area contributed by atoms with Gasteiger partial charge in [0.25, 0.3) is 5.91 Å². The minimum atomic E-state index is -0.406. The molecule has 14 nitrogen and oxygen atoms in total. The van der Waals surface area contributed by atoms with Crippen LogP contribution in [0.5, 0.6) is 0 Å². The molecule has 10 aliphatic carbocycles. The van der Waals surface area contributed by atoms with Crippen LogP contribution in [-0.4, -0.2) is 61.5 Å². The fraction of sp³-hybridized carbons (Fsp3) is 0.758. The van der Waals surface area contributed by atoms with Gasteiger partial charge >= 0.3 is 50.5 Å². The summed E-state index contributed by atoms with van der Waals surface area (Å²) < 4.78 is 2.46. The van der Waals surface area contributed by atoms with Crippen LogP contribution in [0.1, 0.15) is 227 Å². The average Bonchev–Trinajstić information content (AvgIpc) is 0.827. The SMILES string of the molecule is CC1(C)CC[C@]2(C(=O)Cl)CC[C@]3(C)C(=CCC4[C@@]5(C)Cc6c(N)n[nH]c6C(C)(C)C5CC[C@]43C)C2C1.CC1(C)CC[C@]2(C(=O)n3cnc(=S)[nH]3)CC[C@]3(C)C(=CCC4[C@@]5(C)Cc6c(N)n[nH]c6C(C)(C)C5CC[C@]43C)C2C1.I[I-]I.S=c1nc[nH][nH]1. The Hall–Kier alpha value is -1.96. The second kappa shape index (κ2) is 22.1. The van der Waals surface area contributed by atoms with Crippen molar-refractivity contribution in [1.82, 2.24) is 50.3 Å². The molecule has 14 atom stereocenters. The van der Waals surface area contributed by atoms with Crippen molar-refractivity contribution in [1.29, 1.82) is 0 Å². The number of nitrogens with one attached hydrogen (secondary N) is 5. The minimum absolute atomic E-state index is 0.00553. The number of carbonyl (C=O) groups is 2. The number of rotatable bonds is 2. The third-order valence-electron chi connectivity index (χ3n) is 27.7. The number of anilines is 2. The molecule has 474 valence electrons. The van der Waals surface area contributed by atoms with Gasteiger partial charge in [-0.1, -0.05) is 120 Å². The standard InChI is InChI=1S/C33H48N6OS.C31H46ClN3O.C2H3N3S.I3/c1-28(2)12-14-33(26(40)39-18-35-27(41)38-39)15-13-31(6)20(21(33)17-28)8-9-23-30(5)16-19-24(36-37-25(19)34)29(3,4)22(30)10-11-32(23,31)7;1-26(2)12-14-31(25(32)36)15-13-29(6)19(20(31)17-26)8-9-22-28(5)16-18-23(34-35-24(18)33)27(3,4)21(28)10-11-30(22,29)7;6-2-3-1-4-5-2;1-3-2/h8,18,21-23H,9-17H2,1-7H3,(H,38,41)(H3,34,36,37);8,20-22H,9-17H2,1-7H3,(H3,33,34,35);1H,(H2,3,4,5,6);/q;;;-1/t21?,22?,23?,30-,31+,32+,33-;20?,21?,22?,28-,29+,30+,31-;;/m00../s1. The molecular formula is C66H97ClI3N12O2S2-. The van der Waals surface area contributed by atoms with Crippen LogP contribution in [0.25, 0.3) is 0 Å². The summed E-state index contributed by atoms with van der Waals surface area (Å²) in [5, 5.41) is 23.7. The molecule has 10 aliphatic rings. The van der Waals surface area contributed by atoms with E-state index < -0.39 is 5.41 Å². The molecule has 0 aromatic carbocycles. The molecule has 9 N–H and O–H groups in total. The van der Waals surface area contributed by atoms with E-state index in [2.05, 4.69) is 204 Å². The Kier molecular flexibility index (Phi) is 16.8. The Morgan fingerprint density at radius 2 is 1.05 bits per heavy atom. The summed E-state index contributed by atoms with van der Waals surface area (Å²) in [5.41, 5.74) is 21.6. The van der Waals surface area contributed by atoms with Gasteiger partial charge in [-0.15, -0.1) is 0 Å². The number of aromatic nitrogens is 10. The predicted molar refractivity (Wildman–Crippen MR) is 362 cm³/mol. The maximum absolute atomic E-state index is 14.4. The third-order valence-corrected chi connectivity index (χ3v) is 28.5. The van der Waals surface area contributed by atoms with Crippen molar-refractivity contribution in [3.05, 3.63) is 68.0 Å². The van der Waals surface area contributed by atoms with E-state index in [1.807, 2.05) is 0 Å². The van der Waals surface area contributed by atoms with Gasteiger partial charge in [-0.3, -0.25) is 35.1 Å². The van der Waals surface area contributed by atoms with Crippen LogP contribution in [0.15, 0.2) is 36.0 Å². The fourth-order valence-corrected chi connectivity index (χ4v) is 23.5. The number of nitrogen functional groups attached to an aromatic ring is 2. The Bertz CT molecular complexity index is 3480. The molecular weight excluding hydrogens is 1470 g/mol. The number of carbonyl (C=O) groups excluding carboxylic acids is 2. The van der Waals surface area contributed by atoms with E-state index in [0.29, 0.717) is 58.1 Å². The van der Waals surface area contributed by atoms with E-state index >= 15 is 0 Å². The second-order valence-electron chi connectivity index (χ2n) is 33.0. The molecule has 6 unspecified atom stereocenters. The Morgan fingerprint density at radius 3 is 1.44 bits per heavy atom. The topological polar surface area (TPSA) is 222 Å². The van der Waals surface area contributed by atoms with Crippen molar-refractivity contribution in [2.75, 3.05) is 11.5 Å². The normalized spacial score (nSPS) is 40.3. The molecule has 4 aromatic heterocycles. The predicted octanol–water partition coefficient (Wildman–Crippen LogP) is 14.2. The second-order valence-corrected chi connectivity index (χ2v) is 50.3. The van der Waals surface area contributed by atoms with Crippen molar-refractivity contribution >= 4 is 96.1 Å². The largest absolute Gasteiger partial charge is 0.288 e. The molecule has 0 radical (unpaired) electrons. The van der Waals surface area contributed by atoms with Crippen molar-refractivity contribution in [2.45, 2.75) is 223 Å². The maximum Gasteiger partial charge on any atom is 0.213 e. The smallest absolute Gasteiger partial charge is 0.213 e. The minimum Gasteiger partial charge on any atom is -0.288 e. The van der Waals surface area contributed by atoms with Gasteiger partial charge in [-0.25, -0.2) is 14.6 Å². The van der Waals surface area contributed by atoms with E-state index in [4.69, 9.17) is 35.3 Å². The van der Waals surface area contributed by atoms with Crippen molar-refractivity contribution in [3.8, 4) is 0 Å². The number of nitrogens with zero attached hydrogens (tertiary/aromatic N) is 5. The first-order valence-electron chi connectivity index (χ1n) is 31.9. The zero-order chi connectivity index (χ0) is 62.6. The molecule has 6 fully saturated rings. The van der Waals surface area contributed by atoms with E-state index in [9.17, 15) is 9.59 Å². The molecule has 0 spiro atoms. The summed E-state index contributed by atoms with van der Waals surface area (Å²) in [4.78, 5) is 35.2. The van der Waals surface area contributed by atoms with Crippen LogP contribution in [-0.2, 0) is 28.5 Å². The van der Waals surface area contributed by atoms with E-state index in [-0.39, 0.29) is 82.6 Å². The van der Waals surface area contributed by atoms with Crippen LogP contribution >= 0.6 is 73.3 Å². The van der Waals surface area contributed by atoms with Gasteiger partial charge in [0, 0.05) is 33.3 Å². The van der Waals surface area contributed by atoms with Crippen LogP contribution in [0.4, 0.5) is 11.6 Å². The number of H-pyrrole nitrogens is 5. The van der Waals surface area contributed by atoms with Gasteiger partial charge in [0.2, 0.25) is 14.8 Å². The molecule has 0 bridgehead atoms. The molecule has 0 saturated heterocycles. The Balaban J connectivity index is 0.000000157. The summed E-state index contributed by atoms with van der Waals surface area (Å²) in [7, 11) is 0. The summed E-state index contributed by atoms with van der Waals surface area (Å²) in [5.74, 6) is 4.35.